The fourth-order valence-electron chi connectivity index (χ4n) is 1.93. The first-order chi connectivity index (χ1) is 8.65. The molecule has 2 rings (SSSR count). The van der Waals surface area contributed by atoms with Gasteiger partial charge in [0.25, 0.3) is 0 Å². The monoisotopic (exact) mass is 244 g/mol. The minimum atomic E-state index is -0.798. The van der Waals surface area contributed by atoms with Crippen LogP contribution in [-0.4, -0.2) is 11.1 Å². The first kappa shape index (κ1) is 12.4. The van der Waals surface area contributed by atoms with Crippen molar-refractivity contribution in [3.63, 3.8) is 0 Å². The van der Waals surface area contributed by atoms with E-state index in [4.69, 9.17) is 9.52 Å². The summed E-state index contributed by atoms with van der Waals surface area (Å²) in [4.78, 5) is 10.5. The van der Waals surface area contributed by atoms with Gasteiger partial charge in [-0.05, 0) is 24.1 Å². The van der Waals surface area contributed by atoms with Gasteiger partial charge in [0.1, 0.15) is 11.5 Å². The van der Waals surface area contributed by atoms with Gasteiger partial charge in [0.2, 0.25) is 0 Å². The predicted molar refractivity (Wildman–Crippen MR) is 68.6 cm³/mol. The highest BCUT2D eigenvalue weighted by atomic mass is 16.4. The van der Waals surface area contributed by atoms with Crippen LogP contribution in [0.1, 0.15) is 29.1 Å². The van der Waals surface area contributed by atoms with Gasteiger partial charge in [-0.15, -0.1) is 0 Å². The third-order valence-electron chi connectivity index (χ3n) is 2.89. The maximum Gasteiger partial charge on any atom is 0.303 e. The van der Waals surface area contributed by atoms with Crippen molar-refractivity contribution >= 4 is 5.97 Å². The molecule has 0 spiro atoms. The summed E-state index contributed by atoms with van der Waals surface area (Å²) in [6, 6.07) is 12.1. The molecule has 0 saturated heterocycles. The topological polar surface area (TPSA) is 50.4 Å². The predicted octanol–water partition coefficient (Wildman–Crippen LogP) is 3.20. The molecule has 0 aliphatic rings. The molecule has 0 unspecified atom stereocenters. The van der Waals surface area contributed by atoms with Gasteiger partial charge >= 0.3 is 5.97 Å². The first-order valence-corrected chi connectivity index (χ1v) is 5.99. The maximum atomic E-state index is 10.5. The maximum absolute atomic E-state index is 10.5. The van der Waals surface area contributed by atoms with Crippen molar-refractivity contribution in [2.24, 2.45) is 0 Å². The Kier molecular flexibility index (Phi) is 3.82. The Labute approximate surface area is 106 Å². The molecule has 3 nitrogen and oxygen atoms in total. The van der Waals surface area contributed by atoms with E-state index < -0.39 is 5.97 Å². The highest BCUT2D eigenvalue weighted by molar-refractivity contribution is 5.66. The molecule has 0 bridgehead atoms. The van der Waals surface area contributed by atoms with Crippen LogP contribution in [0.25, 0.3) is 0 Å². The lowest BCUT2D eigenvalue weighted by Crippen LogP contribution is -1.96. The summed E-state index contributed by atoms with van der Waals surface area (Å²) in [7, 11) is 0. The summed E-state index contributed by atoms with van der Waals surface area (Å²) in [5.41, 5.74) is 2.35. The lowest BCUT2D eigenvalue weighted by molar-refractivity contribution is -0.137. The largest absolute Gasteiger partial charge is 0.481 e. The lowest BCUT2D eigenvalue weighted by atomic mass is 10.1. The SMILES string of the molecule is Cc1oc(CCC(=O)O)cc1Cc1ccccc1. The summed E-state index contributed by atoms with van der Waals surface area (Å²) in [6.45, 7) is 1.92. The number of aryl methyl sites for hydroxylation is 2. The number of aliphatic carboxylic acids is 1. The molecule has 1 N–H and O–H groups in total. The van der Waals surface area contributed by atoms with E-state index in [1.165, 1.54) is 5.56 Å². The van der Waals surface area contributed by atoms with Gasteiger partial charge in [0, 0.05) is 12.8 Å². The molecule has 2 aromatic rings. The van der Waals surface area contributed by atoms with E-state index in [-0.39, 0.29) is 6.42 Å². The second-order valence-corrected chi connectivity index (χ2v) is 4.35. The molecule has 0 saturated carbocycles. The zero-order valence-electron chi connectivity index (χ0n) is 10.3. The standard InChI is InChI=1S/C15H16O3/c1-11-13(9-12-5-3-2-4-6-12)10-14(18-11)7-8-15(16)17/h2-6,10H,7-9H2,1H3,(H,16,17). The summed E-state index contributed by atoms with van der Waals surface area (Å²) < 4.78 is 5.57. The van der Waals surface area contributed by atoms with E-state index in [2.05, 4.69) is 12.1 Å². The van der Waals surface area contributed by atoms with Crippen LogP contribution in [0.3, 0.4) is 0 Å². The van der Waals surface area contributed by atoms with E-state index in [0.717, 1.165) is 23.5 Å². The van der Waals surface area contributed by atoms with Crippen molar-refractivity contribution in [1.82, 2.24) is 0 Å². The quantitative estimate of drug-likeness (QED) is 0.878. The Balaban J connectivity index is 2.07. The summed E-state index contributed by atoms with van der Waals surface area (Å²) >= 11 is 0. The van der Waals surface area contributed by atoms with Crippen LogP contribution >= 0.6 is 0 Å². The summed E-state index contributed by atoms with van der Waals surface area (Å²) in [5, 5.41) is 8.64. The third-order valence-corrected chi connectivity index (χ3v) is 2.89. The number of hydrogen-bond donors (Lipinski definition) is 1. The smallest absolute Gasteiger partial charge is 0.303 e. The Morgan fingerprint density at radius 1 is 1.28 bits per heavy atom. The van der Waals surface area contributed by atoms with Crippen molar-refractivity contribution in [3.8, 4) is 0 Å². The Morgan fingerprint density at radius 3 is 2.67 bits per heavy atom. The van der Waals surface area contributed by atoms with E-state index >= 15 is 0 Å². The molecule has 0 fully saturated rings. The van der Waals surface area contributed by atoms with E-state index in [1.54, 1.807) is 0 Å². The van der Waals surface area contributed by atoms with Crippen molar-refractivity contribution in [2.45, 2.75) is 26.2 Å². The van der Waals surface area contributed by atoms with Crippen LogP contribution in [0.15, 0.2) is 40.8 Å². The molecule has 1 heterocycles. The van der Waals surface area contributed by atoms with Crippen molar-refractivity contribution in [1.29, 1.82) is 0 Å². The normalized spacial score (nSPS) is 10.5. The highest BCUT2D eigenvalue weighted by Gasteiger charge is 2.09. The minimum Gasteiger partial charge on any atom is -0.481 e. The molecule has 94 valence electrons. The second-order valence-electron chi connectivity index (χ2n) is 4.35. The molecule has 3 heteroatoms. The van der Waals surface area contributed by atoms with Gasteiger partial charge in [-0.25, -0.2) is 0 Å². The second kappa shape index (κ2) is 5.54. The number of benzene rings is 1. The van der Waals surface area contributed by atoms with Gasteiger partial charge in [-0.2, -0.15) is 0 Å². The Morgan fingerprint density at radius 2 is 2.00 bits per heavy atom. The number of hydrogen-bond acceptors (Lipinski definition) is 2. The van der Waals surface area contributed by atoms with E-state index in [1.807, 2.05) is 31.2 Å². The number of carboxylic acids is 1. The van der Waals surface area contributed by atoms with E-state index in [0.29, 0.717) is 6.42 Å². The van der Waals surface area contributed by atoms with Crippen LogP contribution in [0.2, 0.25) is 0 Å². The summed E-state index contributed by atoms with van der Waals surface area (Å²) in [6.07, 6.45) is 1.38. The molecule has 18 heavy (non-hydrogen) atoms. The van der Waals surface area contributed by atoms with Crippen LogP contribution in [-0.2, 0) is 17.6 Å². The zero-order chi connectivity index (χ0) is 13.0. The molecule has 0 aliphatic carbocycles. The fraction of sp³-hybridized carbons (Fsp3) is 0.267. The van der Waals surface area contributed by atoms with Gasteiger partial charge < -0.3 is 9.52 Å². The lowest BCUT2D eigenvalue weighted by Gasteiger charge is -1.98. The van der Waals surface area contributed by atoms with Crippen LogP contribution < -0.4 is 0 Å². The van der Waals surface area contributed by atoms with Gasteiger partial charge in [-0.3, -0.25) is 4.79 Å². The molecule has 1 aromatic carbocycles. The molecule has 0 radical (unpaired) electrons. The van der Waals surface area contributed by atoms with Crippen molar-refractivity contribution in [3.05, 3.63) is 59.0 Å². The average Bonchev–Trinajstić information content (AvgIpc) is 2.69. The number of carboxylic acid groups (broad SMARTS) is 1. The highest BCUT2D eigenvalue weighted by Crippen LogP contribution is 2.19. The van der Waals surface area contributed by atoms with Crippen molar-refractivity contribution in [2.75, 3.05) is 0 Å². The number of carbonyl (C=O) groups is 1. The third kappa shape index (κ3) is 3.23. The van der Waals surface area contributed by atoms with Crippen LogP contribution in [0, 0.1) is 6.92 Å². The first-order valence-electron chi connectivity index (χ1n) is 5.99. The Hall–Kier alpha value is -2.03. The van der Waals surface area contributed by atoms with Crippen molar-refractivity contribution < 1.29 is 14.3 Å². The molecule has 0 aliphatic heterocycles. The average molecular weight is 244 g/mol. The molecular formula is C15H16O3. The Bertz CT molecular complexity index is 526. The molecule has 0 atom stereocenters. The molecular weight excluding hydrogens is 228 g/mol. The van der Waals surface area contributed by atoms with Crippen LogP contribution in [0.5, 0.6) is 0 Å². The van der Waals surface area contributed by atoms with Gasteiger partial charge in [0.15, 0.2) is 0 Å². The van der Waals surface area contributed by atoms with Crippen LogP contribution in [0.4, 0.5) is 0 Å². The van der Waals surface area contributed by atoms with Gasteiger partial charge in [0.05, 0.1) is 6.42 Å². The van der Waals surface area contributed by atoms with Gasteiger partial charge in [-0.1, -0.05) is 30.3 Å². The number of furan rings is 1. The number of rotatable bonds is 5. The summed E-state index contributed by atoms with van der Waals surface area (Å²) in [5.74, 6) is 0.828. The minimum absolute atomic E-state index is 0.109. The molecule has 1 aromatic heterocycles. The molecule has 0 amide bonds. The fourth-order valence-corrected chi connectivity index (χ4v) is 1.93. The zero-order valence-corrected chi connectivity index (χ0v) is 10.3. The van der Waals surface area contributed by atoms with E-state index in [9.17, 15) is 4.79 Å².